The van der Waals surface area contributed by atoms with Crippen molar-refractivity contribution in [1.29, 1.82) is 10.5 Å². The third-order valence-electron chi connectivity index (χ3n) is 4.69. The molecule has 0 spiro atoms. The van der Waals surface area contributed by atoms with Gasteiger partial charge in [0.05, 0.1) is 34.8 Å². The van der Waals surface area contributed by atoms with E-state index in [2.05, 4.69) is 28.1 Å². The molecule has 0 heterocycles. The Kier molecular flexibility index (Phi) is 7.80. The number of rotatable bonds is 8. The van der Waals surface area contributed by atoms with Crippen molar-refractivity contribution < 1.29 is 14.4 Å². The summed E-state index contributed by atoms with van der Waals surface area (Å²) in [6, 6.07) is 20.8. The van der Waals surface area contributed by atoms with Gasteiger partial charge in [-0.2, -0.15) is 10.5 Å². The van der Waals surface area contributed by atoms with Gasteiger partial charge in [-0.05, 0) is 54.5 Å². The highest BCUT2D eigenvalue weighted by Crippen LogP contribution is 2.36. The van der Waals surface area contributed by atoms with Crippen molar-refractivity contribution >= 4 is 33.3 Å². The van der Waals surface area contributed by atoms with Gasteiger partial charge < -0.3 is 9.47 Å². The first-order chi connectivity index (χ1) is 16.0. The average Bonchev–Trinajstić information content (AvgIpc) is 2.83. The maximum atomic E-state index is 10.9. The Balaban J connectivity index is 1.93. The Bertz CT molecular complexity index is 1290. The van der Waals surface area contributed by atoms with E-state index in [1.54, 1.807) is 30.3 Å². The second kappa shape index (κ2) is 10.9. The number of non-ortho nitro benzene ring substituents is 1. The van der Waals surface area contributed by atoms with Gasteiger partial charge in [0.15, 0.2) is 11.5 Å². The lowest BCUT2D eigenvalue weighted by Gasteiger charge is -2.15. The number of nitriles is 2. The van der Waals surface area contributed by atoms with Crippen LogP contribution in [-0.2, 0) is 6.61 Å². The molecule has 0 atom stereocenters. The normalized spacial score (nSPS) is 10.7. The zero-order valence-electron chi connectivity index (χ0n) is 17.6. The van der Waals surface area contributed by atoms with E-state index in [1.165, 1.54) is 24.3 Å². The fourth-order valence-electron chi connectivity index (χ4n) is 3.05. The van der Waals surface area contributed by atoms with Crippen LogP contribution in [0.25, 0.3) is 11.6 Å². The number of allylic oxidation sites excluding steroid dienone is 1. The summed E-state index contributed by atoms with van der Waals surface area (Å²) in [6.07, 6.45) is 1.67. The molecular formula is C25H18BrN3O4. The van der Waals surface area contributed by atoms with Crippen molar-refractivity contribution in [3.8, 4) is 23.6 Å². The van der Waals surface area contributed by atoms with Gasteiger partial charge >= 0.3 is 0 Å². The number of nitro groups is 1. The van der Waals surface area contributed by atoms with E-state index in [1.807, 2.05) is 19.1 Å². The highest BCUT2D eigenvalue weighted by atomic mass is 79.9. The maximum Gasteiger partial charge on any atom is 0.269 e. The number of benzene rings is 3. The van der Waals surface area contributed by atoms with Crippen LogP contribution in [0.3, 0.4) is 0 Å². The Morgan fingerprint density at radius 2 is 1.79 bits per heavy atom. The van der Waals surface area contributed by atoms with E-state index in [0.29, 0.717) is 44.8 Å². The number of nitro benzene ring substituents is 1. The topological polar surface area (TPSA) is 109 Å². The van der Waals surface area contributed by atoms with E-state index < -0.39 is 4.92 Å². The minimum absolute atomic E-state index is 0.0460. The van der Waals surface area contributed by atoms with Gasteiger partial charge in [0.2, 0.25) is 0 Å². The summed E-state index contributed by atoms with van der Waals surface area (Å²) in [7, 11) is 0. The standard InChI is InChI=1S/C25H18BrN3O4/c1-2-32-24-12-20(11-21(15-28)17-7-9-22(10-8-17)29(30)31)23(26)13-25(24)33-16-19-6-4-3-5-18(19)14-27/h3-13H,2,16H2,1H3/b21-11-. The first-order valence-corrected chi connectivity index (χ1v) is 10.7. The van der Waals surface area contributed by atoms with Gasteiger partial charge in [-0.15, -0.1) is 0 Å². The summed E-state index contributed by atoms with van der Waals surface area (Å²) in [5.74, 6) is 0.977. The van der Waals surface area contributed by atoms with Crippen LogP contribution in [0.15, 0.2) is 65.1 Å². The van der Waals surface area contributed by atoms with Crippen LogP contribution in [0, 0.1) is 32.8 Å². The molecular weight excluding hydrogens is 486 g/mol. The summed E-state index contributed by atoms with van der Waals surface area (Å²) in [5.41, 5.74) is 2.82. The Morgan fingerprint density at radius 3 is 2.42 bits per heavy atom. The maximum absolute atomic E-state index is 10.9. The van der Waals surface area contributed by atoms with Crippen molar-refractivity contribution in [3.63, 3.8) is 0 Å². The van der Waals surface area contributed by atoms with Gasteiger partial charge in [0, 0.05) is 22.2 Å². The first-order valence-electron chi connectivity index (χ1n) is 9.90. The molecule has 3 aromatic rings. The molecule has 0 aliphatic heterocycles. The molecule has 0 N–H and O–H groups in total. The van der Waals surface area contributed by atoms with Crippen LogP contribution in [0.5, 0.6) is 11.5 Å². The summed E-state index contributed by atoms with van der Waals surface area (Å²) in [5, 5.41) is 29.8. The molecule has 0 amide bonds. The van der Waals surface area contributed by atoms with Gasteiger partial charge in [0.25, 0.3) is 5.69 Å². The molecule has 0 aliphatic carbocycles. The summed E-state index contributed by atoms with van der Waals surface area (Å²) in [4.78, 5) is 10.4. The molecule has 164 valence electrons. The molecule has 0 bridgehead atoms. The number of halogens is 1. The van der Waals surface area contributed by atoms with Crippen LogP contribution >= 0.6 is 15.9 Å². The van der Waals surface area contributed by atoms with Crippen LogP contribution < -0.4 is 9.47 Å². The minimum Gasteiger partial charge on any atom is -0.490 e. The highest BCUT2D eigenvalue weighted by Gasteiger charge is 2.13. The average molecular weight is 504 g/mol. The molecule has 0 aromatic heterocycles. The van der Waals surface area contributed by atoms with Crippen molar-refractivity contribution in [2.45, 2.75) is 13.5 Å². The second-order valence-electron chi connectivity index (χ2n) is 6.78. The lowest BCUT2D eigenvalue weighted by Crippen LogP contribution is -2.02. The number of ether oxygens (including phenoxy) is 2. The fraction of sp³-hybridized carbons (Fsp3) is 0.120. The van der Waals surface area contributed by atoms with E-state index in [4.69, 9.17) is 9.47 Å². The third kappa shape index (κ3) is 5.76. The molecule has 3 aromatic carbocycles. The Labute approximate surface area is 199 Å². The van der Waals surface area contributed by atoms with Gasteiger partial charge in [-0.1, -0.05) is 34.1 Å². The first kappa shape index (κ1) is 23.5. The molecule has 3 rings (SSSR count). The van der Waals surface area contributed by atoms with Gasteiger partial charge in [-0.3, -0.25) is 10.1 Å². The van der Waals surface area contributed by atoms with E-state index in [9.17, 15) is 20.6 Å². The lowest BCUT2D eigenvalue weighted by atomic mass is 10.0. The number of hydrogen-bond donors (Lipinski definition) is 0. The molecule has 0 unspecified atom stereocenters. The SMILES string of the molecule is CCOc1cc(/C=C(/C#N)c2ccc([N+](=O)[O-])cc2)c(Br)cc1OCc1ccccc1C#N. The van der Waals surface area contributed by atoms with Crippen molar-refractivity contribution in [2.24, 2.45) is 0 Å². The monoisotopic (exact) mass is 503 g/mol. The van der Waals surface area contributed by atoms with Crippen molar-refractivity contribution in [1.82, 2.24) is 0 Å². The van der Waals surface area contributed by atoms with Crippen LogP contribution in [0.2, 0.25) is 0 Å². The summed E-state index contributed by atoms with van der Waals surface area (Å²) < 4.78 is 12.4. The Hall–Kier alpha value is -4.14. The zero-order valence-corrected chi connectivity index (χ0v) is 19.2. The summed E-state index contributed by atoms with van der Waals surface area (Å²) >= 11 is 3.52. The lowest BCUT2D eigenvalue weighted by molar-refractivity contribution is -0.384. The molecule has 33 heavy (non-hydrogen) atoms. The van der Waals surface area contributed by atoms with E-state index in [0.717, 1.165) is 5.56 Å². The predicted octanol–water partition coefficient (Wildman–Crippen LogP) is 6.27. The predicted molar refractivity (Wildman–Crippen MR) is 127 cm³/mol. The smallest absolute Gasteiger partial charge is 0.269 e. The minimum atomic E-state index is -0.488. The van der Waals surface area contributed by atoms with E-state index >= 15 is 0 Å². The zero-order chi connectivity index (χ0) is 23.8. The van der Waals surface area contributed by atoms with Crippen LogP contribution in [0.1, 0.15) is 29.2 Å². The van der Waals surface area contributed by atoms with E-state index in [-0.39, 0.29) is 12.3 Å². The quantitative estimate of drug-likeness (QED) is 0.155. The highest BCUT2D eigenvalue weighted by molar-refractivity contribution is 9.10. The molecule has 0 radical (unpaired) electrons. The van der Waals surface area contributed by atoms with Crippen LogP contribution in [-0.4, -0.2) is 11.5 Å². The van der Waals surface area contributed by atoms with Crippen molar-refractivity contribution in [3.05, 3.63) is 97.5 Å². The Morgan fingerprint density at radius 1 is 1.09 bits per heavy atom. The number of hydrogen-bond acceptors (Lipinski definition) is 6. The molecule has 8 heteroatoms. The largest absolute Gasteiger partial charge is 0.490 e. The summed E-state index contributed by atoms with van der Waals surface area (Å²) in [6.45, 7) is 2.45. The van der Waals surface area contributed by atoms with Gasteiger partial charge in [0.1, 0.15) is 6.61 Å². The van der Waals surface area contributed by atoms with Crippen molar-refractivity contribution in [2.75, 3.05) is 6.61 Å². The second-order valence-corrected chi connectivity index (χ2v) is 7.64. The van der Waals surface area contributed by atoms with Crippen LogP contribution in [0.4, 0.5) is 5.69 Å². The molecule has 0 fully saturated rings. The fourth-order valence-corrected chi connectivity index (χ4v) is 3.49. The molecule has 0 saturated carbocycles. The molecule has 7 nitrogen and oxygen atoms in total. The van der Waals surface area contributed by atoms with Gasteiger partial charge in [-0.25, -0.2) is 0 Å². The third-order valence-corrected chi connectivity index (χ3v) is 5.38. The number of nitrogens with zero attached hydrogens (tertiary/aromatic N) is 3. The molecule has 0 saturated heterocycles. The molecule has 0 aliphatic rings.